The number of hydrogen-bond acceptors (Lipinski definition) is 4. The van der Waals surface area contributed by atoms with Crippen LogP contribution in [0.4, 0.5) is 5.82 Å². The Morgan fingerprint density at radius 1 is 1.45 bits per heavy atom. The van der Waals surface area contributed by atoms with E-state index in [1.54, 1.807) is 0 Å². The summed E-state index contributed by atoms with van der Waals surface area (Å²) in [4.78, 5) is 11.1. The minimum atomic E-state index is 0.305. The molecule has 6 nitrogen and oxygen atoms in total. The monoisotopic (exact) mass is 305 g/mol. The van der Waals surface area contributed by atoms with Gasteiger partial charge in [-0.25, -0.2) is 9.98 Å². The van der Waals surface area contributed by atoms with E-state index in [0.29, 0.717) is 12.6 Å². The number of nitrogens with one attached hydrogen (secondary N) is 2. The first-order valence-electron chi connectivity index (χ1n) is 7.95. The second-order valence-corrected chi connectivity index (χ2v) is 5.59. The molecule has 1 aliphatic rings. The summed E-state index contributed by atoms with van der Waals surface area (Å²) < 4.78 is 5.63. The maximum atomic E-state index is 5.63. The van der Waals surface area contributed by atoms with Crippen LogP contribution < -0.4 is 15.5 Å². The Kier molecular flexibility index (Phi) is 6.45. The highest BCUT2D eigenvalue weighted by atomic mass is 16.5. The number of guanidine groups is 1. The normalized spacial score (nSPS) is 18.3. The fourth-order valence-electron chi connectivity index (χ4n) is 2.48. The lowest BCUT2D eigenvalue weighted by Crippen LogP contribution is -2.41. The van der Waals surface area contributed by atoms with Gasteiger partial charge in [-0.05, 0) is 25.8 Å². The second kappa shape index (κ2) is 8.58. The largest absolute Gasteiger partial charge is 0.376 e. The average Bonchev–Trinajstić information content (AvgIpc) is 3.03. The number of hydrogen-bond donors (Lipinski definition) is 2. The molecule has 1 aliphatic heterocycles. The van der Waals surface area contributed by atoms with Gasteiger partial charge in [-0.15, -0.1) is 0 Å². The summed E-state index contributed by atoms with van der Waals surface area (Å²) in [5, 5.41) is 6.64. The van der Waals surface area contributed by atoms with Gasteiger partial charge in [-0.3, -0.25) is 0 Å². The fraction of sp³-hybridized carbons (Fsp3) is 0.625. The molecule has 2 N–H and O–H groups in total. The summed E-state index contributed by atoms with van der Waals surface area (Å²) >= 11 is 0. The Balaban J connectivity index is 1.97. The summed E-state index contributed by atoms with van der Waals surface area (Å²) in [6.07, 6.45) is 4.39. The minimum Gasteiger partial charge on any atom is -0.376 e. The molecular weight excluding hydrogens is 278 g/mol. The first-order chi connectivity index (χ1) is 10.7. The molecule has 1 aromatic rings. The maximum Gasteiger partial charge on any atom is 0.191 e. The molecule has 2 rings (SSSR count). The second-order valence-electron chi connectivity index (χ2n) is 5.59. The summed E-state index contributed by atoms with van der Waals surface area (Å²) in [6, 6.07) is 4.01. The summed E-state index contributed by atoms with van der Waals surface area (Å²) in [6.45, 7) is 5.19. The number of aromatic nitrogens is 1. The van der Waals surface area contributed by atoms with Gasteiger partial charge in [0.25, 0.3) is 0 Å². The van der Waals surface area contributed by atoms with Gasteiger partial charge in [-0.1, -0.05) is 6.07 Å². The van der Waals surface area contributed by atoms with Crippen LogP contribution in [0, 0.1) is 0 Å². The molecule has 22 heavy (non-hydrogen) atoms. The van der Waals surface area contributed by atoms with Crippen LogP contribution in [0.2, 0.25) is 0 Å². The SMILES string of the molecule is CCNC(=NCc1cccnc1N(C)C)NCC1CCCO1. The molecule has 0 amide bonds. The van der Waals surface area contributed by atoms with E-state index in [9.17, 15) is 0 Å². The van der Waals surface area contributed by atoms with Crippen LogP contribution in [0.3, 0.4) is 0 Å². The minimum absolute atomic E-state index is 0.305. The molecular formula is C16H27N5O. The van der Waals surface area contributed by atoms with Crippen molar-refractivity contribution in [1.29, 1.82) is 0 Å². The molecule has 1 unspecified atom stereocenters. The molecule has 2 heterocycles. The van der Waals surface area contributed by atoms with Crippen LogP contribution in [0.25, 0.3) is 0 Å². The highest BCUT2D eigenvalue weighted by Gasteiger charge is 2.15. The van der Waals surface area contributed by atoms with Crippen molar-refractivity contribution in [3.63, 3.8) is 0 Å². The Morgan fingerprint density at radius 2 is 2.32 bits per heavy atom. The number of anilines is 1. The first kappa shape index (κ1) is 16.5. The summed E-state index contributed by atoms with van der Waals surface area (Å²) in [7, 11) is 3.99. The van der Waals surface area contributed by atoms with Crippen molar-refractivity contribution in [2.24, 2.45) is 4.99 Å². The van der Waals surface area contributed by atoms with E-state index in [1.165, 1.54) is 0 Å². The lowest BCUT2D eigenvalue weighted by molar-refractivity contribution is 0.114. The molecule has 0 spiro atoms. The van der Waals surface area contributed by atoms with Gasteiger partial charge >= 0.3 is 0 Å². The third kappa shape index (κ3) is 4.87. The van der Waals surface area contributed by atoms with Crippen LogP contribution in [-0.4, -0.2) is 50.8 Å². The van der Waals surface area contributed by atoms with Crippen LogP contribution in [-0.2, 0) is 11.3 Å². The third-order valence-electron chi connectivity index (χ3n) is 3.56. The molecule has 1 aromatic heterocycles. The molecule has 0 aliphatic carbocycles. The highest BCUT2D eigenvalue weighted by molar-refractivity contribution is 5.79. The van der Waals surface area contributed by atoms with E-state index < -0.39 is 0 Å². The summed E-state index contributed by atoms with van der Waals surface area (Å²) in [5.41, 5.74) is 1.11. The Morgan fingerprint density at radius 3 is 3.00 bits per heavy atom. The number of rotatable bonds is 6. The van der Waals surface area contributed by atoms with Crippen molar-refractivity contribution < 1.29 is 4.74 Å². The lowest BCUT2D eigenvalue weighted by atomic mass is 10.2. The van der Waals surface area contributed by atoms with Crippen LogP contribution in [0.5, 0.6) is 0 Å². The van der Waals surface area contributed by atoms with Crippen molar-refractivity contribution in [2.75, 3.05) is 38.7 Å². The molecule has 0 radical (unpaired) electrons. The van der Waals surface area contributed by atoms with Gasteiger partial charge < -0.3 is 20.3 Å². The zero-order valence-corrected chi connectivity index (χ0v) is 13.8. The average molecular weight is 305 g/mol. The van der Waals surface area contributed by atoms with E-state index in [0.717, 1.165) is 49.9 Å². The van der Waals surface area contributed by atoms with Crippen LogP contribution in [0.15, 0.2) is 23.3 Å². The molecule has 0 saturated carbocycles. The summed E-state index contributed by atoms with van der Waals surface area (Å²) in [5.74, 6) is 1.78. The van der Waals surface area contributed by atoms with Crippen molar-refractivity contribution >= 4 is 11.8 Å². The van der Waals surface area contributed by atoms with Crippen molar-refractivity contribution in [3.8, 4) is 0 Å². The smallest absolute Gasteiger partial charge is 0.191 e. The Labute approximate surface area is 133 Å². The van der Waals surface area contributed by atoms with Crippen molar-refractivity contribution in [1.82, 2.24) is 15.6 Å². The van der Waals surface area contributed by atoms with Gasteiger partial charge in [0.15, 0.2) is 5.96 Å². The highest BCUT2D eigenvalue weighted by Crippen LogP contribution is 2.15. The van der Waals surface area contributed by atoms with E-state index in [2.05, 4.69) is 33.6 Å². The standard InChI is InChI=1S/C16H27N5O/c1-4-17-16(20-12-14-8-6-10-22-14)19-11-13-7-5-9-18-15(13)21(2)3/h5,7,9,14H,4,6,8,10-12H2,1-3H3,(H2,17,19,20). The van der Waals surface area contributed by atoms with Crippen molar-refractivity contribution in [3.05, 3.63) is 23.9 Å². The van der Waals surface area contributed by atoms with Crippen LogP contribution in [0.1, 0.15) is 25.3 Å². The molecule has 1 fully saturated rings. The van der Waals surface area contributed by atoms with Gasteiger partial charge in [0.05, 0.1) is 12.6 Å². The van der Waals surface area contributed by atoms with E-state index in [1.807, 2.05) is 31.3 Å². The zero-order chi connectivity index (χ0) is 15.8. The van der Waals surface area contributed by atoms with E-state index in [4.69, 9.17) is 4.74 Å². The Hall–Kier alpha value is -1.82. The van der Waals surface area contributed by atoms with E-state index >= 15 is 0 Å². The van der Waals surface area contributed by atoms with Gasteiger partial charge in [0.2, 0.25) is 0 Å². The van der Waals surface area contributed by atoms with Crippen molar-refractivity contribution in [2.45, 2.75) is 32.4 Å². The molecule has 1 atom stereocenters. The lowest BCUT2D eigenvalue weighted by Gasteiger charge is -2.16. The molecule has 6 heteroatoms. The van der Waals surface area contributed by atoms with Gasteiger partial charge in [-0.2, -0.15) is 0 Å². The Bertz CT molecular complexity index is 483. The number of ether oxygens (including phenoxy) is 1. The number of aliphatic imine (C=N–C) groups is 1. The number of nitrogens with zero attached hydrogens (tertiary/aromatic N) is 3. The number of pyridine rings is 1. The first-order valence-corrected chi connectivity index (χ1v) is 7.95. The van der Waals surface area contributed by atoms with Crippen LogP contribution >= 0.6 is 0 Å². The van der Waals surface area contributed by atoms with Gasteiger partial charge in [0, 0.05) is 45.6 Å². The molecule has 122 valence electrons. The zero-order valence-electron chi connectivity index (χ0n) is 13.8. The fourth-order valence-corrected chi connectivity index (χ4v) is 2.48. The van der Waals surface area contributed by atoms with E-state index in [-0.39, 0.29) is 0 Å². The molecule has 0 aromatic carbocycles. The molecule has 1 saturated heterocycles. The quantitative estimate of drug-likeness (QED) is 0.614. The topological polar surface area (TPSA) is 61.8 Å². The predicted octanol–water partition coefficient (Wildman–Crippen LogP) is 1.38. The third-order valence-corrected chi connectivity index (χ3v) is 3.56. The molecule has 0 bridgehead atoms. The maximum absolute atomic E-state index is 5.63. The van der Waals surface area contributed by atoms with Gasteiger partial charge in [0.1, 0.15) is 5.82 Å². The predicted molar refractivity (Wildman–Crippen MR) is 90.4 cm³/mol.